The summed E-state index contributed by atoms with van der Waals surface area (Å²) in [4.78, 5) is 0. The highest BCUT2D eigenvalue weighted by Gasteiger charge is 2.27. The van der Waals surface area contributed by atoms with Crippen LogP contribution in [-0.2, 0) is 0 Å². The van der Waals surface area contributed by atoms with E-state index in [-0.39, 0.29) is 5.92 Å². The summed E-state index contributed by atoms with van der Waals surface area (Å²) in [5.41, 5.74) is 7.03. The second-order valence-electron chi connectivity index (χ2n) is 6.39. The quantitative estimate of drug-likeness (QED) is 0.694. The Labute approximate surface area is 142 Å². The topological polar surface area (TPSA) is 20.2 Å². The summed E-state index contributed by atoms with van der Waals surface area (Å²) in [6, 6.07) is 26.6. The van der Waals surface area contributed by atoms with Gasteiger partial charge in [-0.2, -0.15) is 0 Å². The zero-order chi connectivity index (χ0) is 16.5. The first-order valence-corrected chi connectivity index (χ1v) is 8.34. The first kappa shape index (κ1) is 14.9. The summed E-state index contributed by atoms with van der Waals surface area (Å²) >= 11 is 0. The van der Waals surface area contributed by atoms with E-state index in [0.717, 1.165) is 11.1 Å². The van der Waals surface area contributed by atoms with Crippen molar-refractivity contribution in [3.05, 3.63) is 112 Å². The van der Waals surface area contributed by atoms with Crippen molar-refractivity contribution in [3.63, 3.8) is 0 Å². The van der Waals surface area contributed by atoms with Crippen LogP contribution in [0.3, 0.4) is 0 Å². The van der Waals surface area contributed by atoms with Crippen LogP contribution in [0.4, 0.5) is 0 Å². The number of benzene rings is 3. The summed E-state index contributed by atoms with van der Waals surface area (Å²) in [5.74, 6) is 0.218. The van der Waals surface area contributed by atoms with Crippen LogP contribution in [-0.4, -0.2) is 5.11 Å². The molecular formula is C23H20O. The van der Waals surface area contributed by atoms with Crippen LogP contribution in [0.2, 0.25) is 0 Å². The second kappa shape index (κ2) is 6.10. The van der Waals surface area contributed by atoms with Gasteiger partial charge in [-0.05, 0) is 34.7 Å². The van der Waals surface area contributed by atoms with E-state index in [4.69, 9.17) is 0 Å². The molecule has 0 fully saturated rings. The number of aliphatic hydroxyl groups is 1. The van der Waals surface area contributed by atoms with Gasteiger partial charge >= 0.3 is 0 Å². The lowest BCUT2D eigenvalue weighted by atomic mass is 9.83. The number of allylic oxidation sites excluding steroid dienone is 1. The minimum atomic E-state index is -0.608. The Morgan fingerprint density at radius 2 is 1.38 bits per heavy atom. The van der Waals surface area contributed by atoms with E-state index in [1.165, 1.54) is 22.3 Å². The molecule has 0 spiro atoms. The van der Waals surface area contributed by atoms with Gasteiger partial charge in [-0.1, -0.05) is 90.5 Å². The maximum atomic E-state index is 10.9. The molecule has 1 aliphatic rings. The van der Waals surface area contributed by atoms with Gasteiger partial charge in [-0.25, -0.2) is 0 Å². The van der Waals surface area contributed by atoms with E-state index in [2.05, 4.69) is 49.4 Å². The Kier molecular flexibility index (Phi) is 3.79. The van der Waals surface area contributed by atoms with Gasteiger partial charge in [0.1, 0.15) is 6.10 Å². The van der Waals surface area contributed by atoms with E-state index in [1.807, 2.05) is 42.5 Å². The van der Waals surface area contributed by atoms with Crippen molar-refractivity contribution in [2.45, 2.75) is 18.9 Å². The normalized spacial score (nSPS) is 17.2. The van der Waals surface area contributed by atoms with Crippen LogP contribution in [0.5, 0.6) is 0 Å². The molecule has 2 unspecified atom stereocenters. The zero-order valence-corrected chi connectivity index (χ0v) is 13.7. The SMILES string of the molecule is CC1=Cc2ccccc2C1c1ccccc1C(O)c1ccccc1. The lowest BCUT2D eigenvalue weighted by Crippen LogP contribution is -2.08. The average Bonchev–Trinajstić information content (AvgIpc) is 2.97. The molecule has 0 saturated heterocycles. The number of hydrogen-bond acceptors (Lipinski definition) is 1. The largest absolute Gasteiger partial charge is 0.384 e. The van der Waals surface area contributed by atoms with Crippen LogP contribution in [0.1, 0.15) is 46.8 Å². The van der Waals surface area contributed by atoms with E-state index in [1.54, 1.807) is 0 Å². The lowest BCUT2D eigenvalue weighted by Gasteiger charge is -2.22. The molecule has 1 aliphatic carbocycles. The second-order valence-corrected chi connectivity index (χ2v) is 6.39. The Morgan fingerprint density at radius 3 is 2.17 bits per heavy atom. The maximum Gasteiger partial charge on any atom is 0.104 e. The summed E-state index contributed by atoms with van der Waals surface area (Å²) in [6.07, 6.45) is 1.65. The van der Waals surface area contributed by atoms with Gasteiger partial charge in [0.15, 0.2) is 0 Å². The predicted octanol–water partition coefficient (Wildman–Crippen LogP) is 5.32. The zero-order valence-electron chi connectivity index (χ0n) is 13.7. The Morgan fingerprint density at radius 1 is 0.750 bits per heavy atom. The van der Waals surface area contributed by atoms with Gasteiger partial charge < -0.3 is 5.11 Å². The molecule has 0 aliphatic heterocycles. The van der Waals surface area contributed by atoms with Crippen molar-refractivity contribution in [3.8, 4) is 0 Å². The third-order valence-corrected chi connectivity index (χ3v) is 4.86. The molecule has 0 radical (unpaired) electrons. The highest BCUT2D eigenvalue weighted by atomic mass is 16.3. The molecule has 1 nitrogen and oxygen atoms in total. The van der Waals surface area contributed by atoms with E-state index in [9.17, 15) is 5.11 Å². The van der Waals surface area contributed by atoms with E-state index < -0.39 is 6.10 Å². The highest BCUT2D eigenvalue weighted by molar-refractivity contribution is 5.69. The minimum Gasteiger partial charge on any atom is -0.384 e. The smallest absolute Gasteiger partial charge is 0.104 e. The number of fused-ring (bicyclic) bond motifs is 1. The first-order chi connectivity index (χ1) is 11.8. The fraction of sp³-hybridized carbons (Fsp3) is 0.130. The molecular weight excluding hydrogens is 292 g/mol. The van der Waals surface area contributed by atoms with Gasteiger partial charge in [-0.15, -0.1) is 0 Å². The van der Waals surface area contributed by atoms with Crippen molar-refractivity contribution < 1.29 is 5.11 Å². The monoisotopic (exact) mass is 312 g/mol. The van der Waals surface area contributed by atoms with Gasteiger partial charge in [-0.3, -0.25) is 0 Å². The Balaban J connectivity index is 1.82. The van der Waals surface area contributed by atoms with Crippen molar-refractivity contribution in [1.82, 2.24) is 0 Å². The van der Waals surface area contributed by atoms with Crippen LogP contribution in [0.25, 0.3) is 6.08 Å². The minimum absolute atomic E-state index is 0.218. The predicted molar refractivity (Wildman–Crippen MR) is 98.9 cm³/mol. The lowest BCUT2D eigenvalue weighted by molar-refractivity contribution is 0.219. The van der Waals surface area contributed by atoms with Crippen molar-refractivity contribution in [2.75, 3.05) is 0 Å². The fourth-order valence-electron chi connectivity index (χ4n) is 3.73. The first-order valence-electron chi connectivity index (χ1n) is 8.34. The highest BCUT2D eigenvalue weighted by Crippen LogP contribution is 2.43. The molecule has 0 saturated carbocycles. The van der Waals surface area contributed by atoms with Crippen molar-refractivity contribution in [1.29, 1.82) is 0 Å². The molecule has 0 bridgehead atoms. The average molecular weight is 312 g/mol. The van der Waals surface area contributed by atoms with E-state index >= 15 is 0 Å². The number of rotatable bonds is 3. The fourth-order valence-corrected chi connectivity index (χ4v) is 3.73. The molecule has 2 atom stereocenters. The van der Waals surface area contributed by atoms with Gasteiger partial charge in [0.25, 0.3) is 0 Å². The van der Waals surface area contributed by atoms with Crippen LogP contribution in [0, 0.1) is 0 Å². The van der Waals surface area contributed by atoms with Crippen molar-refractivity contribution >= 4 is 6.08 Å². The summed E-state index contributed by atoms with van der Waals surface area (Å²) in [7, 11) is 0. The molecule has 3 aromatic rings. The van der Waals surface area contributed by atoms with Crippen LogP contribution >= 0.6 is 0 Å². The third-order valence-electron chi connectivity index (χ3n) is 4.86. The number of hydrogen-bond donors (Lipinski definition) is 1. The van der Waals surface area contributed by atoms with E-state index in [0.29, 0.717) is 0 Å². The van der Waals surface area contributed by atoms with Crippen LogP contribution < -0.4 is 0 Å². The van der Waals surface area contributed by atoms with Gasteiger partial charge in [0.05, 0.1) is 0 Å². The standard InChI is InChI=1S/C23H20O/c1-16-15-18-11-5-6-12-19(18)22(16)20-13-7-8-14-21(20)23(24)17-9-3-2-4-10-17/h2-15,22-24H,1H3. The molecule has 4 rings (SSSR count). The molecule has 24 heavy (non-hydrogen) atoms. The molecule has 118 valence electrons. The Bertz CT molecular complexity index is 893. The third kappa shape index (κ3) is 2.47. The number of aliphatic hydroxyl groups excluding tert-OH is 1. The molecule has 3 aromatic carbocycles. The summed E-state index contributed by atoms with van der Waals surface area (Å²) in [5, 5.41) is 10.9. The van der Waals surface area contributed by atoms with Gasteiger partial charge in [0.2, 0.25) is 0 Å². The molecule has 0 aromatic heterocycles. The van der Waals surface area contributed by atoms with Crippen LogP contribution in [0.15, 0.2) is 84.4 Å². The van der Waals surface area contributed by atoms with Crippen molar-refractivity contribution in [2.24, 2.45) is 0 Å². The summed E-state index contributed by atoms with van der Waals surface area (Å²) in [6.45, 7) is 2.18. The molecule has 0 amide bonds. The Hall–Kier alpha value is -2.64. The molecule has 1 N–H and O–H groups in total. The van der Waals surface area contributed by atoms with Gasteiger partial charge in [0, 0.05) is 5.92 Å². The summed E-state index contributed by atoms with van der Waals surface area (Å²) < 4.78 is 0. The molecule has 0 heterocycles. The maximum absolute atomic E-state index is 10.9. The molecule has 1 heteroatoms.